The molecular weight excluding hydrogens is 332 g/mol. The maximum absolute atomic E-state index is 12.6. The summed E-state index contributed by atoms with van der Waals surface area (Å²) in [4.78, 5) is 20.0. The minimum absolute atomic E-state index is 0.320. The molecule has 2 aromatic carbocycles. The SMILES string of the molecule is CC(O)c1nc2ccc(NC(=O)c3conc3-c3ccccc3)cc2[nH]1. The van der Waals surface area contributed by atoms with Gasteiger partial charge in [0.05, 0.1) is 11.0 Å². The number of amides is 1. The summed E-state index contributed by atoms with van der Waals surface area (Å²) in [5.41, 5.74) is 3.69. The minimum atomic E-state index is -0.689. The molecule has 2 heterocycles. The first-order valence-electron chi connectivity index (χ1n) is 8.10. The second-order valence-electron chi connectivity index (χ2n) is 5.93. The Morgan fingerprint density at radius 3 is 2.81 bits per heavy atom. The van der Waals surface area contributed by atoms with E-state index in [9.17, 15) is 9.90 Å². The van der Waals surface area contributed by atoms with Crippen LogP contribution in [-0.2, 0) is 0 Å². The number of carbonyl (C=O) groups is 1. The number of anilines is 1. The van der Waals surface area contributed by atoms with Crippen LogP contribution in [0.25, 0.3) is 22.3 Å². The van der Waals surface area contributed by atoms with E-state index in [1.54, 1.807) is 25.1 Å². The number of nitrogens with one attached hydrogen (secondary N) is 2. The number of hydrogen-bond donors (Lipinski definition) is 3. The summed E-state index contributed by atoms with van der Waals surface area (Å²) in [6, 6.07) is 14.7. The third kappa shape index (κ3) is 2.96. The van der Waals surface area contributed by atoms with Crippen LogP contribution in [0.2, 0.25) is 0 Å². The number of aliphatic hydroxyl groups is 1. The molecule has 26 heavy (non-hydrogen) atoms. The van der Waals surface area contributed by atoms with E-state index in [1.165, 1.54) is 6.26 Å². The summed E-state index contributed by atoms with van der Waals surface area (Å²) in [6.45, 7) is 1.64. The fourth-order valence-corrected chi connectivity index (χ4v) is 2.71. The summed E-state index contributed by atoms with van der Waals surface area (Å²) >= 11 is 0. The Morgan fingerprint density at radius 1 is 1.23 bits per heavy atom. The molecule has 0 saturated carbocycles. The number of hydrogen-bond acceptors (Lipinski definition) is 5. The first kappa shape index (κ1) is 16.0. The average molecular weight is 348 g/mol. The molecule has 4 aromatic rings. The second kappa shape index (κ2) is 6.45. The molecular formula is C19H16N4O3. The van der Waals surface area contributed by atoms with E-state index in [0.717, 1.165) is 11.1 Å². The van der Waals surface area contributed by atoms with Crippen molar-refractivity contribution in [1.29, 1.82) is 0 Å². The summed E-state index contributed by atoms with van der Waals surface area (Å²) in [7, 11) is 0. The van der Waals surface area contributed by atoms with Gasteiger partial charge in [-0.3, -0.25) is 4.79 Å². The van der Waals surface area contributed by atoms with Crippen LogP contribution in [0, 0.1) is 0 Å². The average Bonchev–Trinajstić information content (AvgIpc) is 3.29. The number of rotatable bonds is 4. The number of imidazole rings is 1. The molecule has 0 aliphatic heterocycles. The molecule has 0 spiro atoms. The van der Waals surface area contributed by atoms with Gasteiger partial charge in [0, 0.05) is 11.3 Å². The van der Waals surface area contributed by atoms with E-state index >= 15 is 0 Å². The Hall–Kier alpha value is -3.45. The zero-order valence-corrected chi connectivity index (χ0v) is 13.9. The number of nitrogens with zero attached hydrogens (tertiary/aromatic N) is 2. The molecule has 0 aliphatic rings. The predicted molar refractivity (Wildman–Crippen MR) is 96.6 cm³/mol. The lowest BCUT2D eigenvalue weighted by Crippen LogP contribution is -2.12. The van der Waals surface area contributed by atoms with Crippen molar-refractivity contribution in [1.82, 2.24) is 15.1 Å². The predicted octanol–water partition coefficient (Wildman–Crippen LogP) is 3.52. The van der Waals surface area contributed by atoms with Crippen LogP contribution in [0.4, 0.5) is 5.69 Å². The van der Waals surface area contributed by atoms with Crippen LogP contribution < -0.4 is 5.32 Å². The van der Waals surface area contributed by atoms with E-state index in [4.69, 9.17) is 4.52 Å². The minimum Gasteiger partial charge on any atom is -0.385 e. The van der Waals surface area contributed by atoms with Gasteiger partial charge in [-0.05, 0) is 25.1 Å². The summed E-state index contributed by atoms with van der Waals surface area (Å²) in [6.07, 6.45) is 0.642. The molecule has 0 fully saturated rings. The van der Waals surface area contributed by atoms with Crippen LogP contribution in [0.5, 0.6) is 0 Å². The molecule has 1 amide bonds. The lowest BCUT2D eigenvalue weighted by Gasteiger charge is -2.05. The van der Waals surface area contributed by atoms with Crippen molar-refractivity contribution in [3.63, 3.8) is 0 Å². The van der Waals surface area contributed by atoms with Gasteiger partial charge in [0.2, 0.25) is 0 Å². The first-order chi connectivity index (χ1) is 12.6. The highest BCUT2D eigenvalue weighted by molar-refractivity contribution is 6.08. The van der Waals surface area contributed by atoms with Gasteiger partial charge in [0.25, 0.3) is 5.91 Å². The summed E-state index contributed by atoms with van der Waals surface area (Å²) < 4.78 is 5.00. The molecule has 1 unspecified atom stereocenters. The largest absolute Gasteiger partial charge is 0.385 e. The quantitative estimate of drug-likeness (QED) is 0.523. The standard InChI is InChI=1S/C19H16N4O3/c1-11(24)18-21-15-8-7-13(9-16(15)22-18)20-19(25)14-10-26-23-17(14)12-5-3-2-4-6-12/h2-11,24H,1H3,(H,20,25)(H,21,22). The van der Waals surface area contributed by atoms with Crippen molar-refractivity contribution in [3.05, 3.63) is 66.2 Å². The van der Waals surface area contributed by atoms with Crippen LogP contribution in [0.3, 0.4) is 0 Å². The molecule has 130 valence electrons. The highest BCUT2D eigenvalue weighted by Gasteiger charge is 2.18. The fraction of sp³-hybridized carbons (Fsp3) is 0.105. The molecule has 7 heteroatoms. The number of H-pyrrole nitrogens is 1. The van der Waals surface area contributed by atoms with Gasteiger partial charge < -0.3 is 19.9 Å². The highest BCUT2D eigenvalue weighted by Crippen LogP contribution is 2.24. The number of aliphatic hydroxyl groups excluding tert-OH is 1. The third-order valence-electron chi connectivity index (χ3n) is 4.02. The molecule has 1 atom stereocenters. The summed E-state index contributed by atoms with van der Waals surface area (Å²) in [5, 5.41) is 16.4. The highest BCUT2D eigenvalue weighted by atomic mass is 16.5. The first-order valence-corrected chi connectivity index (χ1v) is 8.10. The number of carbonyl (C=O) groups excluding carboxylic acids is 1. The molecule has 0 radical (unpaired) electrons. The van der Waals surface area contributed by atoms with Gasteiger partial charge in [-0.2, -0.15) is 0 Å². The lowest BCUT2D eigenvalue weighted by molar-refractivity contribution is 0.102. The Morgan fingerprint density at radius 2 is 2.04 bits per heavy atom. The molecule has 3 N–H and O–H groups in total. The van der Waals surface area contributed by atoms with Crippen LogP contribution in [-0.4, -0.2) is 26.1 Å². The summed E-state index contributed by atoms with van der Waals surface area (Å²) in [5.74, 6) is 0.161. The van der Waals surface area contributed by atoms with Crippen LogP contribution in [0.15, 0.2) is 59.3 Å². The Balaban J connectivity index is 1.61. The van der Waals surface area contributed by atoms with Gasteiger partial charge in [0.1, 0.15) is 29.4 Å². The van der Waals surface area contributed by atoms with Gasteiger partial charge in [-0.1, -0.05) is 35.5 Å². The van der Waals surface area contributed by atoms with Crippen molar-refractivity contribution in [2.75, 3.05) is 5.32 Å². The molecule has 7 nitrogen and oxygen atoms in total. The Labute approximate surface area is 148 Å². The Bertz CT molecular complexity index is 1070. The number of aromatic amines is 1. The molecule has 2 aromatic heterocycles. The molecule has 0 aliphatic carbocycles. The van der Waals surface area contributed by atoms with Gasteiger partial charge in [-0.15, -0.1) is 0 Å². The van der Waals surface area contributed by atoms with E-state index in [1.807, 2.05) is 30.3 Å². The van der Waals surface area contributed by atoms with Crippen molar-refractivity contribution in [2.45, 2.75) is 13.0 Å². The maximum Gasteiger partial charge on any atom is 0.261 e. The maximum atomic E-state index is 12.6. The van der Waals surface area contributed by atoms with E-state index in [0.29, 0.717) is 28.3 Å². The van der Waals surface area contributed by atoms with Gasteiger partial charge in [-0.25, -0.2) is 4.98 Å². The van der Waals surface area contributed by atoms with E-state index in [-0.39, 0.29) is 5.91 Å². The number of benzene rings is 2. The monoisotopic (exact) mass is 348 g/mol. The van der Waals surface area contributed by atoms with Crippen LogP contribution in [0.1, 0.15) is 29.2 Å². The normalized spacial score (nSPS) is 12.2. The van der Waals surface area contributed by atoms with Gasteiger partial charge in [0.15, 0.2) is 0 Å². The van der Waals surface area contributed by atoms with Crippen molar-refractivity contribution < 1.29 is 14.4 Å². The fourth-order valence-electron chi connectivity index (χ4n) is 2.71. The molecule has 4 rings (SSSR count). The molecule has 0 bridgehead atoms. The zero-order valence-electron chi connectivity index (χ0n) is 13.9. The number of aromatic nitrogens is 3. The smallest absolute Gasteiger partial charge is 0.261 e. The Kier molecular flexibility index (Phi) is 3.98. The zero-order chi connectivity index (χ0) is 18.1. The van der Waals surface area contributed by atoms with Crippen molar-refractivity contribution in [3.8, 4) is 11.3 Å². The second-order valence-corrected chi connectivity index (χ2v) is 5.93. The van der Waals surface area contributed by atoms with Crippen molar-refractivity contribution in [2.24, 2.45) is 0 Å². The van der Waals surface area contributed by atoms with Crippen molar-refractivity contribution >= 4 is 22.6 Å². The van der Waals surface area contributed by atoms with E-state index < -0.39 is 6.10 Å². The lowest BCUT2D eigenvalue weighted by atomic mass is 10.1. The van der Waals surface area contributed by atoms with Crippen LogP contribution >= 0.6 is 0 Å². The molecule has 0 saturated heterocycles. The third-order valence-corrected chi connectivity index (χ3v) is 4.02. The topological polar surface area (TPSA) is 104 Å². The van der Waals surface area contributed by atoms with E-state index in [2.05, 4.69) is 20.4 Å². The van der Waals surface area contributed by atoms with Gasteiger partial charge >= 0.3 is 0 Å². The number of fused-ring (bicyclic) bond motifs is 1.